The van der Waals surface area contributed by atoms with Gasteiger partial charge in [0.25, 0.3) is 0 Å². The molecule has 0 radical (unpaired) electrons. The van der Waals surface area contributed by atoms with Crippen LogP contribution in [0.15, 0.2) is 48.5 Å². The summed E-state index contributed by atoms with van der Waals surface area (Å²) in [5.41, 5.74) is 2.19. The van der Waals surface area contributed by atoms with E-state index in [9.17, 15) is 14.0 Å². The van der Waals surface area contributed by atoms with Crippen molar-refractivity contribution in [2.24, 2.45) is 0 Å². The third kappa shape index (κ3) is 4.64. The van der Waals surface area contributed by atoms with E-state index in [2.05, 4.69) is 12.2 Å². The Labute approximate surface area is 158 Å². The van der Waals surface area contributed by atoms with Crippen molar-refractivity contribution in [2.75, 3.05) is 29.9 Å². The van der Waals surface area contributed by atoms with Crippen molar-refractivity contribution < 1.29 is 14.0 Å². The molecule has 0 aromatic heterocycles. The molecule has 27 heavy (non-hydrogen) atoms. The number of halogens is 1. The van der Waals surface area contributed by atoms with Crippen molar-refractivity contribution in [3.8, 4) is 0 Å². The lowest BCUT2D eigenvalue weighted by Crippen LogP contribution is -2.37. The minimum atomic E-state index is -0.444. The van der Waals surface area contributed by atoms with Gasteiger partial charge < -0.3 is 10.2 Å². The van der Waals surface area contributed by atoms with Gasteiger partial charge in [-0.25, -0.2) is 9.18 Å². The van der Waals surface area contributed by atoms with E-state index in [1.165, 1.54) is 21.4 Å². The van der Waals surface area contributed by atoms with E-state index in [4.69, 9.17) is 0 Å². The maximum atomic E-state index is 13.9. The highest BCUT2D eigenvalue weighted by atomic mass is 19.1. The van der Waals surface area contributed by atoms with Gasteiger partial charge in [-0.2, -0.15) is 0 Å². The van der Waals surface area contributed by atoms with E-state index in [-0.39, 0.29) is 24.2 Å². The van der Waals surface area contributed by atoms with Gasteiger partial charge in [0.1, 0.15) is 12.4 Å². The summed E-state index contributed by atoms with van der Waals surface area (Å²) in [6, 6.07) is 13.6. The van der Waals surface area contributed by atoms with Gasteiger partial charge in [-0.05, 0) is 42.7 Å². The smallest absolute Gasteiger partial charge is 0.325 e. The first-order chi connectivity index (χ1) is 13.1. The zero-order chi connectivity index (χ0) is 19.2. The highest BCUT2D eigenvalue weighted by Crippen LogP contribution is 2.23. The van der Waals surface area contributed by atoms with Gasteiger partial charge in [0, 0.05) is 18.8 Å². The molecule has 1 fully saturated rings. The van der Waals surface area contributed by atoms with Crippen LogP contribution in [0.2, 0.25) is 0 Å². The fraction of sp³-hybridized carbons (Fsp3) is 0.333. The molecule has 1 saturated heterocycles. The Kier molecular flexibility index (Phi) is 6.06. The van der Waals surface area contributed by atoms with Crippen LogP contribution < -0.4 is 10.2 Å². The Hall–Kier alpha value is -2.89. The Balaban J connectivity index is 1.55. The topological polar surface area (TPSA) is 52.7 Å². The number of carbonyl (C=O) groups is 2. The maximum absolute atomic E-state index is 13.9. The van der Waals surface area contributed by atoms with Crippen LogP contribution in [0, 0.1) is 5.82 Å². The largest absolute Gasteiger partial charge is 0.325 e. The summed E-state index contributed by atoms with van der Waals surface area (Å²) in [5.74, 6) is -0.708. The molecular formula is C21H24FN3O2. The lowest BCUT2D eigenvalue weighted by atomic mass is 10.1. The lowest BCUT2D eigenvalue weighted by molar-refractivity contribution is -0.116. The summed E-state index contributed by atoms with van der Waals surface area (Å²) in [6.07, 6.45) is 3.31. The number of aryl methyl sites for hydroxylation is 1. The number of anilines is 2. The molecule has 1 N–H and O–H groups in total. The monoisotopic (exact) mass is 369 g/mol. The zero-order valence-corrected chi connectivity index (χ0v) is 15.5. The van der Waals surface area contributed by atoms with Crippen LogP contribution in [0.3, 0.4) is 0 Å². The lowest BCUT2D eigenvalue weighted by Gasteiger charge is -2.19. The second-order valence-corrected chi connectivity index (χ2v) is 6.66. The number of amides is 3. The Morgan fingerprint density at radius 1 is 1.11 bits per heavy atom. The molecule has 0 aliphatic carbocycles. The summed E-state index contributed by atoms with van der Waals surface area (Å²) >= 11 is 0. The van der Waals surface area contributed by atoms with Gasteiger partial charge >= 0.3 is 6.03 Å². The molecule has 0 atom stereocenters. The number of hydrogen-bond acceptors (Lipinski definition) is 2. The third-order valence-electron chi connectivity index (χ3n) is 4.63. The van der Waals surface area contributed by atoms with Gasteiger partial charge in [0.2, 0.25) is 5.91 Å². The minimum absolute atomic E-state index is 0.0542. The van der Waals surface area contributed by atoms with Crippen LogP contribution in [0.5, 0.6) is 0 Å². The molecule has 3 amide bonds. The number of urea groups is 1. The minimum Gasteiger partial charge on any atom is -0.325 e. The highest BCUT2D eigenvalue weighted by Gasteiger charge is 2.32. The Morgan fingerprint density at radius 3 is 2.56 bits per heavy atom. The van der Waals surface area contributed by atoms with Gasteiger partial charge in [0.05, 0.1) is 5.69 Å². The second kappa shape index (κ2) is 8.66. The molecule has 0 unspecified atom stereocenters. The number of carbonyl (C=O) groups excluding carboxylic acids is 2. The molecule has 1 aliphatic rings. The SMILES string of the molecule is CCCCc1ccc(NC(=O)CN2CCN(c3ccccc3F)C2=O)cc1. The molecule has 1 aliphatic heterocycles. The third-order valence-corrected chi connectivity index (χ3v) is 4.63. The summed E-state index contributed by atoms with van der Waals surface area (Å²) in [6.45, 7) is 2.85. The molecule has 2 aromatic rings. The maximum Gasteiger partial charge on any atom is 0.325 e. The summed E-state index contributed by atoms with van der Waals surface area (Å²) in [5, 5.41) is 2.81. The molecule has 3 rings (SSSR count). The van der Waals surface area contributed by atoms with Gasteiger partial charge in [0.15, 0.2) is 0 Å². The molecule has 0 bridgehead atoms. The van der Waals surface area contributed by atoms with Crippen molar-refractivity contribution in [1.29, 1.82) is 0 Å². The number of rotatable bonds is 7. The van der Waals surface area contributed by atoms with Gasteiger partial charge in [-0.3, -0.25) is 9.69 Å². The van der Waals surface area contributed by atoms with E-state index >= 15 is 0 Å². The van der Waals surface area contributed by atoms with Crippen molar-refractivity contribution in [2.45, 2.75) is 26.2 Å². The van der Waals surface area contributed by atoms with Crippen molar-refractivity contribution >= 4 is 23.3 Å². The first-order valence-electron chi connectivity index (χ1n) is 9.28. The van der Waals surface area contributed by atoms with Crippen LogP contribution >= 0.6 is 0 Å². The van der Waals surface area contributed by atoms with Crippen LogP contribution in [-0.4, -0.2) is 36.5 Å². The predicted molar refractivity (Wildman–Crippen MR) is 104 cm³/mol. The molecule has 0 spiro atoms. The molecule has 0 saturated carbocycles. The van der Waals surface area contributed by atoms with Crippen molar-refractivity contribution in [1.82, 2.24) is 4.90 Å². The molecule has 5 nitrogen and oxygen atoms in total. The van der Waals surface area contributed by atoms with E-state index in [0.717, 1.165) is 19.3 Å². The van der Waals surface area contributed by atoms with E-state index in [1.807, 2.05) is 24.3 Å². The van der Waals surface area contributed by atoms with E-state index in [0.29, 0.717) is 18.8 Å². The van der Waals surface area contributed by atoms with Crippen molar-refractivity contribution in [3.63, 3.8) is 0 Å². The average Bonchev–Trinajstić information content (AvgIpc) is 3.02. The molecule has 142 valence electrons. The molecular weight excluding hydrogens is 345 g/mol. The molecule has 2 aromatic carbocycles. The second-order valence-electron chi connectivity index (χ2n) is 6.66. The summed E-state index contributed by atoms with van der Waals surface area (Å²) in [4.78, 5) is 27.6. The Bertz CT molecular complexity index is 807. The van der Waals surface area contributed by atoms with Crippen LogP contribution in [0.25, 0.3) is 0 Å². The van der Waals surface area contributed by atoms with E-state index < -0.39 is 5.82 Å². The predicted octanol–water partition coefficient (Wildman–Crippen LogP) is 4.05. The molecule has 1 heterocycles. The Morgan fingerprint density at radius 2 is 1.85 bits per heavy atom. The van der Waals surface area contributed by atoms with Crippen LogP contribution in [0.1, 0.15) is 25.3 Å². The molecule has 6 heteroatoms. The first kappa shape index (κ1) is 18.9. The summed E-state index contributed by atoms with van der Waals surface area (Å²) < 4.78 is 13.9. The number of benzene rings is 2. The zero-order valence-electron chi connectivity index (χ0n) is 15.5. The number of hydrogen-bond donors (Lipinski definition) is 1. The van der Waals surface area contributed by atoms with Gasteiger partial charge in [-0.15, -0.1) is 0 Å². The number of para-hydroxylation sites is 1. The highest BCUT2D eigenvalue weighted by molar-refractivity contribution is 5.99. The van der Waals surface area contributed by atoms with Crippen LogP contribution in [-0.2, 0) is 11.2 Å². The number of unbranched alkanes of at least 4 members (excludes halogenated alkanes) is 1. The normalized spacial score (nSPS) is 13.9. The fourth-order valence-corrected chi connectivity index (χ4v) is 3.13. The van der Waals surface area contributed by atoms with Gasteiger partial charge in [-0.1, -0.05) is 37.6 Å². The van der Waals surface area contributed by atoms with Crippen molar-refractivity contribution in [3.05, 3.63) is 59.9 Å². The number of nitrogens with one attached hydrogen (secondary N) is 1. The average molecular weight is 369 g/mol. The summed E-state index contributed by atoms with van der Waals surface area (Å²) in [7, 11) is 0. The number of nitrogens with zero attached hydrogens (tertiary/aromatic N) is 2. The standard InChI is InChI=1S/C21H24FN3O2/c1-2-3-6-16-9-11-17(12-10-16)23-20(26)15-24-13-14-25(21(24)27)19-8-5-4-7-18(19)22/h4-5,7-12H,2-3,6,13-15H2,1H3,(H,23,26). The van der Waals surface area contributed by atoms with Crippen LogP contribution in [0.4, 0.5) is 20.6 Å². The quantitative estimate of drug-likeness (QED) is 0.800. The fourth-order valence-electron chi connectivity index (χ4n) is 3.13. The first-order valence-corrected chi connectivity index (χ1v) is 9.28. The van der Waals surface area contributed by atoms with E-state index in [1.54, 1.807) is 18.2 Å².